The Morgan fingerprint density at radius 2 is 2.15 bits per heavy atom. The molecule has 0 atom stereocenters. The zero-order chi connectivity index (χ0) is 9.68. The molecule has 0 aliphatic heterocycles. The number of aryl methyl sites for hydroxylation is 1. The van der Waals surface area contributed by atoms with Crippen LogP contribution in [-0.4, -0.2) is 12.7 Å². The molecule has 13 heavy (non-hydrogen) atoms. The highest BCUT2D eigenvalue weighted by Gasteiger charge is 1.98. The second-order valence-electron chi connectivity index (χ2n) is 2.84. The third-order valence-electron chi connectivity index (χ3n) is 1.88. The summed E-state index contributed by atoms with van der Waals surface area (Å²) in [6.45, 7) is 2.37. The lowest BCUT2D eigenvalue weighted by Gasteiger charge is -2.04. The van der Waals surface area contributed by atoms with Crippen LogP contribution in [-0.2, 0) is 11.2 Å². The lowest BCUT2D eigenvalue weighted by atomic mass is 10.1. The van der Waals surface area contributed by atoms with Gasteiger partial charge in [0.25, 0.3) is 0 Å². The van der Waals surface area contributed by atoms with E-state index in [4.69, 9.17) is 5.73 Å². The van der Waals surface area contributed by atoms with Crippen LogP contribution in [0.1, 0.15) is 11.1 Å². The first-order chi connectivity index (χ1) is 6.20. The quantitative estimate of drug-likeness (QED) is 0.766. The number of benzene rings is 1. The normalized spacial score (nSPS) is 9.62. The van der Waals surface area contributed by atoms with Crippen LogP contribution < -0.4 is 5.73 Å². The molecule has 2 N–H and O–H groups in total. The third kappa shape index (κ3) is 3.15. The first-order valence-electron chi connectivity index (χ1n) is 4.17. The molecule has 0 saturated heterocycles. The Morgan fingerprint density at radius 3 is 2.77 bits per heavy atom. The van der Waals surface area contributed by atoms with Gasteiger partial charge < -0.3 is 10.5 Å². The van der Waals surface area contributed by atoms with Gasteiger partial charge in [0.15, 0.2) is 0 Å². The number of amides is 1. The van der Waals surface area contributed by atoms with Crippen LogP contribution in [0.15, 0.2) is 24.3 Å². The molecule has 0 aliphatic carbocycles. The molecule has 0 spiro atoms. The van der Waals surface area contributed by atoms with Gasteiger partial charge in [-0.05, 0) is 18.1 Å². The Kier molecular flexibility index (Phi) is 3.31. The van der Waals surface area contributed by atoms with Crippen molar-refractivity contribution in [3.63, 3.8) is 0 Å². The summed E-state index contributed by atoms with van der Waals surface area (Å²) in [4.78, 5) is 10.3. The molecular weight excluding hydrogens is 166 g/mol. The Balaban J connectivity index is 2.45. The highest BCUT2D eigenvalue weighted by molar-refractivity contribution is 5.64. The Bertz CT molecular complexity index is 297. The fraction of sp³-hybridized carbons (Fsp3) is 0.300. The standard InChI is InChI=1S/C10H13NO2/c1-8-4-2-3-5-9(8)6-7-13-10(11)12/h2-5H,6-7H2,1H3,(H2,11,12). The van der Waals surface area contributed by atoms with Crippen LogP contribution in [0, 0.1) is 6.92 Å². The molecule has 3 heteroatoms. The van der Waals surface area contributed by atoms with E-state index in [9.17, 15) is 4.79 Å². The van der Waals surface area contributed by atoms with Gasteiger partial charge in [0.1, 0.15) is 0 Å². The second kappa shape index (κ2) is 4.50. The monoisotopic (exact) mass is 179 g/mol. The van der Waals surface area contributed by atoms with Gasteiger partial charge in [0, 0.05) is 6.42 Å². The Morgan fingerprint density at radius 1 is 1.46 bits per heavy atom. The van der Waals surface area contributed by atoms with E-state index in [1.807, 2.05) is 31.2 Å². The molecule has 0 heterocycles. The van der Waals surface area contributed by atoms with Crippen molar-refractivity contribution < 1.29 is 9.53 Å². The number of carbonyl (C=O) groups is 1. The van der Waals surface area contributed by atoms with Crippen molar-refractivity contribution in [3.05, 3.63) is 35.4 Å². The first-order valence-corrected chi connectivity index (χ1v) is 4.17. The van der Waals surface area contributed by atoms with Gasteiger partial charge in [0.2, 0.25) is 0 Å². The van der Waals surface area contributed by atoms with Gasteiger partial charge in [0.05, 0.1) is 6.61 Å². The summed E-state index contributed by atoms with van der Waals surface area (Å²) in [7, 11) is 0. The summed E-state index contributed by atoms with van der Waals surface area (Å²) in [6.07, 6.45) is 0.00360. The van der Waals surface area contributed by atoms with E-state index in [0.717, 1.165) is 6.42 Å². The van der Waals surface area contributed by atoms with Gasteiger partial charge in [-0.15, -0.1) is 0 Å². The van der Waals surface area contributed by atoms with Gasteiger partial charge in [-0.25, -0.2) is 4.79 Å². The van der Waals surface area contributed by atoms with E-state index in [1.165, 1.54) is 11.1 Å². The smallest absolute Gasteiger partial charge is 0.404 e. The molecule has 0 unspecified atom stereocenters. The molecule has 3 nitrogen and oxygen atoms in total. The maximum atomic E-state index is 10.3. The van der Waals surface area contributed by atoms with Crippen LogP contribution in [0.4, 0.5) is 4.79 Å². The van der Waals surface area contributed by atoms with Crippen molar-refractivity contribution in [2.75, 3.05) is 6.61 Å². The average molecular weight is 179 g/mol. The van der Waals surface area contributed by atoms with E-state index in [1.54, 1.807) is 0 Å². The van der Waals surface area contributed by atoms with Crippen LogP contribution in [0.3, 0.4) is 0 Å². The van der Waals surface area contributed by atoms with Crippen LogP contribution in [0.5, 0.6) is 0 Å². The maximum Gasteiger partial charge on any atom is 0.404 e. The number of hydrogen-bond acceptors (Lipinski definition) is 2. The SMILES string of the molecule is Cc1ccccc1CCOC(N)=O. The highest BCUT2D eigenvalue weighted by Crippen LogP contribution is 2.07. The highest BCUT2D eigenvalue weighted by atomic mass is 16.5. The number of ether oxygens (including phenoxy) is 1. The van der Waals surface area contributed by atoms with Gasteiger partial charge >= 0.3 is 6.09 Å². The molecule has 1 aromatic carbocycles. The minimum Gasteiger partial charge on any atom is -0.449 e. The lowest BCUT2D eigenvalue weighted by Crippen LogP contribution is -2.14. The summed E-state index contributed by atoms with van der Waals surface area (Å²) < 4.78 is 4.64. The number of nitrogens with two attached hydrogens (primary N) is 1. The fourth-order valence-electron chi connectivity index (χ4n) is 1.15. The summed E-state index contributed by atoms with van der Waals surface area (Å²) in [5.74, 6) is 0. The zero-order valence-corrected chi connectivity index (χ0v) is 7.62. The van der Waals surface area contributed by atoms with E-state index in [2.05, 4.69) is 4.74 Å². The topological polar surface area (TPSA) is 52.3 Å². The molecule has 0 bridgehead atoms. The van der Waals surface area contributed by atoms with Gasteiger partial charge in [-0.2, -0.15) is 0 Å². The van der Waals surface area contributed by atoms with E-state index < -0.39 is 6.09 Å². The minimum atomic E-state index is -0.714. The summed E-state index contributed by atoms with van der Waals surface area (Å²) in [5.41, 5.74) is 7.22. The number of hydrogen-bond donors (Lipinski definition) is 1. The summed E-state index contributed by atoms with van der Waals surface area (Å²) in [6, 6.07) is 7.99. The lowest BCUT2D eigenvalue weighted by molar-refractivity contribution is 0.158. The molecule has 0 aliphatic rings. The van der Waals surface area contributed by atoms with Crippen molar-refractivity contribution in [2.24, 2.45) is 5.73 Å². The Hall–Kier alpha value is -1.51. The summed E-state index contributed by atoms with van der Waals surface area (Å²) >= 11 is 0. The van der Waals surface area contributed by atoms with Crippen molar-refractivity contribution >= 4 is 6.09 Å². The molecule has 70 valence electrons. The number of rotatable bonds is 3. The van der Waals surface area contributed by atoms with E-state index in [0.29, 0.717) is 6.61 Å². The first kappa shape index (κ1) is 9.58. The summed E-state index contributed by atoms with van der Waals surface area (Å²) in [5, 5.41) is 0. The van der Waals surface area contributed by atoms with Gasteiger partial charge in [-0.1, -0.05) is 24.3 Å². The van der Waals surface area contributed by atoms with Crippen molar-refractivity contribution in [1.29, 1.82) is 0 Å². The largest absolute Gasteiger partial charge is 0.449 e. The fourth-order valence-corrected chi connectivity index (χ4v) is 1.15. The van der Waals surface area contributed by atoms with Crippen LogP contribution >= 0.6 is 0 Å². The predicted molar refractivity (Wildman–Crippen MR) is 50.4 cm³/mol. The van der Waals surface area contributed by atoms with E-state index >= 15 is 0 Å². The van der Waals surface area contributed by atoms with Crippen molar-refractivity contribution in [1.82, 2.24) is 0 Å². The zero-order valence-electron chi connectivity index (χ0n) is 7.62. The van der Waals surface area contributed by atoms with Gasteiger partial charge in [-0.3, -0.25) is 0 Å². The maximum absolute atomic E-state index is 10.3. The predicted octanol–water partition coefficient (Wildman–Crippen LogP) is 1.63. The molecule has 1 amide bonds. The second-order valence-corrected chi connectivity index (χ2v) is 2.84. The molecule has 1 rings (SSSR count). The minimum absolute atomic E-state index is 0.347. The molecule has 0 aromatic heterocycles. The van der Waals surface area contributed by atoms with Crippen molar-refractivity contribution in [3.8, 4) is 0 Å². The molecule has 1 aromatic rings. The van der Waals surface area contributed by atoms with Crippen LogP contribution in [0.25, 0.3) is 0 Å². The van der Waals surface area contributed by atoms with Crippen molar-refractivity contribution in [2.45, 2.75) is 13.3 Å². The molecule has 0 fully saturated rings. The number of carbonyl (C=O) groups excluding carboxylic acids is 1. The van der Waals surface area contributed by atoms with Crippen LogP contribution in [0.2, 0.25) is 0 Å². The third-order valence-corrected chi connectivity index (χ3v) is 1.88. The Labute approximate surface area is 77.5 Å². The molecular formula is C10H13NO2. The molecule has 0 radical (unpaired) electrons. The van der Waals surface area contributed by atoms with E-state index in [-0.39, 0.29) is 0 Å². The number of primary amides is 1. The average Bonchev–Trinajstić information content (AvgIpc) is 2.08. The molecule has 0 saturated carbocycles.